The number of rotatable bonds is 6. The fraction of sp³-hybridized carbons (Fsp3) is 0.400. The van der Waals surface area contributed by atoms with E-state index in [1.165, 1.54) is 24.3 Å². The van der Waals surface area contributed by atoms with Crippen LogP contribution in [0, 0.1) is 5.82 Å². The Morgan fingerprint density at radius 2 is 1.73 bits per heavy atom. The SMILES string of the molecule is BC1(O)C(=O)NC(=O)C(O)(N2Cc3c(OC(O)(O)c4ccc(CN5CCOCC5)cc4F)cccc3C2=O)C1(B)O. The van der Waals surface area contributed by atoms with E-state index in [-0.39, 0.29) is 16.9 Å². The van der Waals surface area contributed by atoms with Gasteiger partial charge in [0.1, 0.15) is 22.6 Å². The predicted octanol–water partition coefficient (Wildman–Crippen LogP) is -4.22. The lowest BCUT2D eigenvalue weighted by atomic mass is 9.51. The topological polar surface area (TPSA) is 189 Å². The molecule has 13 nitrogen and oxygen atoms in total. The number of carbonyl (C=O) groups excluding carboxylic acids is 3. The average molecular weight is 571 g/mol. The third-order valence-electron chi connectivity index (χ3n) is 8.07. The van der Waals surface area contributed by atoms with E-state index in [0.717, 1.165) is 27.8 Å². The number of aliphatic hydroxyl groups is 5. The van der Waals surface area contributed by atoms with Gasteiger partial charge in [-0.05, 0) is 29.8 Å². The van der Waals surface area contributed by atoms with Gasteiger partial charge in [-0.3, -0.25) is 29.5 Å². The minimum absolute atomic E-state index is 0.0390. The van der Waals surface area contributed by atoms with Crippen molar-refractivity contribution in [2.75, 3.05) is 26.3 Å². The summed E-state index contributed by atoms with van der Waals surface area (Å²) in [6.07, 6.45) is 0. The number of fused-ring (bicyclic) bond motifs is 1. The Hall–Kier alpha value is -3.37. The van der Waals surface area contributed by atoms with Crippen molar-refractivity contribution < 1.29 is 53.8 Å². The number of nitrogens with zero attached hydrogens (tertiary/aromatic N) is 2. The molecule has 0 saturated carbocycles. The van der Waals surface area contributed by atoms with Crippen LogP contribution in [0.15, 0.2) is 36.4 Å². The molecule has 0 spiro atoms. The second kappa shape index (κ2) is 9.87. The molecule has 2 aromatic carbocycles. The Morgan fingerprint density at radius 3 is 2.39 bits per heavy atom. The van der Waals surface area contributed by atoms with Crippen LogP contribution in [-0.2, 0) is 33.4 Å². The van der Waals surface area contributed by atoms with Gasteiger partial charge in [0.25, 0.3) is 17.7 Å². The molecule has 5 rings (SSSR count). The van der Waals surface area contributed by atoms with Crippen LogP contribution in [0.4, 0.5) is 4.39 Å². The van der Waals surface area contributed by atoms with Crippen molar-refractivity contribution in [3.8, 4) is 5.75 Å². The van der Waals surface area contributed by atoms with Crippen molar-refractivity contribution in [1.82, 2.24) is 15.1 Å². The molecule has 3 atom stereocenters. The molecule has 0 aromatic heterocycles. The van der Waals surface area contributed by atoms with E-state index in [1.54, 1.807) is 5.32 Å². The first-order valence-corrected chi connectivity index (χ1v) is 12.8. The van der Waals surface area contributed by atoms with E-state index in [4.69, 9.17) is 9.47 Å². The molecular weight excluding hydrogens is 543 g/mol. The average Bonchev–Trinajstić information content (AvgIpc) is 3.25. The lowest BCUT2D eigenvalue weighted by Crippen LogP contribution is -2.86. The molecular formula is C25H28B2FN3O10. The summed E-state index contributed by atoms with van der Waals surface area (Å²) in [5.41, 5.74) is -8.90. The second-order valence-electron chi connectivity index (χ2n) is 10.7. The summed E-state index contributed by atoms with van der Waals surface area (Å²) in [4.78, 5) is 40.9. The van der Waals surface area contributed by atoms with Gasteiger partial charge in [-0.25, -0.2) is 4.39 Å². The molecule has 6 N–H and O–H groups in total. The Balaban J connectivity index is 1.42. The highest BCUT2D eigenvalue weighted by Gasteiger charge is 2.71. The zero-order valence-corrected chi connectivity index (χ0v) is 22.3. The van der Waals surface area contributed by atoms with Crippen molar-refractivity contribution in [3.63, 3.8) is 0 Å². The number of amides is 3. The Bertz CT molecular complexity index is 1430. The van der Waals surface area contributed by atoms with Gasteiger partial charge in [0, 0.05) is 30.8 Å². The summed E-state index contributed by atoms with van der Waals surface area (Å²) in [7, 11) is 1.70. The molecule has 216 valence electrons. The molecule has 0 aliphatic carbocycles. The van der Waals surface area contributed by atoms with Crippen LogP contribution in [0.5, 0.6) is 5.75 Å². The highest BCUT2D eigenvalue weighted by atomic mass is 19.1. The standard InChI is InChI=1S/C25H28B2FN3O10/c26-22(35)20(33)29-21(34)23(36,25(22,27)39)31-12-15-14(19(31)32)2-1-3-18(15)41-24(37,38)16-5-4-13(10-17(16)28)11-30-6-8-40-9-7-30/h1-5,10,35-39H,6-9,11-12,26-27H2,(H,29,33,34). The van der Waals surface area contributed by atoms with E-state index < -0.39 is 58.3 Å². The summed E-state index contributed by atoms with van der Waals surface area (Å²) in [5.74, 6) is -8.19. The summed E-state index contributed by atoms with van der Waals surface area (Å²) >= 11 is 0. The van der Waals surface area contributed by atoms with Crippen LogP contribution in [0.2, 0.25) is 0 Å². The smallest absolute Gasteiger partial charge is 0.354 e. The molecule has 16 heteroatoms. The first-order valence-electron chi connectivity index (χ1n) is 12.8. The Labute approximate surface area is 234 Å². The lowest BCUT2D eigenvalue weighted by molar-refractivity contribution is -0.305. The van der Waals surface area contributed by atoms with E-state index in [0.29, 0.717) is 43.3 Å². The molecule has 2 aromatic rings. The summed E-state index contributed by atoms with van der Waals surface area (Å²) in [5, 5.41) is 56.3. The van der Waals surface area contributed by atoms with Crippen LogP contribution in [-0.4, -0.2) is 112 Å². The lowest BCUT2D eigenvalue weighted by Gasteiger charge is -2.53. The van der Waals surface area contributed by atoms with Crippen molar-refractivity contribution in [2.45, 2.75) is 35.8 Å². The van der Waals surface area contributed by atoms with Crippen LogP contribution < -0.4 is 10.1 Å². The number of hydrogen-bond donors (Lipinski definition) is 6. The molecule has 2 fully saturated rings. The van der Waals surface area contributed by atoms with Crippen LogP contribution >= 0.6 is 0 Å². The van der Waals surface area contributed by atoms with Crippen molar-refractivity contribution in [3.05, 3.63) is 64.5 Å². The molecule has 3 amide bonds. The highest BCUT2D eigenvalue weighted by molar-refractivity contribution is 6.39. The van der Waals surface area contributed by atoms with Gasteiger partial charge in [0.2, 0.25) is 5.72 Å². The third-order valence-corrected chi connectivity index (χ3v) is 8.07. The number of imide groups is 1. The normalized spacial score (nSPS) is 28.9. The predicted molar refractivity (Wildman–Crippen MR) is 141 cm³/mol. The Kier molecular flexibility index (Phi) is 7.02. The maximum Gasteiger partial charge on any atom is 0.354 e. The monoisotopic (exact) mass is 571 g/mol. The highest BCUT2D eigenvalue weighted by Crippen LogP contribution is 2.43. The third kappa shape index (κ3) is 4.52. The minimum atomic E-state index is -3.20. The molecule has 3 aliphatic rings. The van der Waals surface area contributed by atoms with E-state index >= 15 is 4.39 Å². The van der Waals surface area contributed by atoms with Gasteiger partial charge in [-0.15, -0.1) is 0 Å². The molecule has 0 radical (unpaired) electrons. The molecule has 3 heterocycles. The fourth-order valence-corrected chi connectivity index (χ4v) is 5.29. The van der Waals surface area contributed by atoms with Crippen LogP contribution in [0.1, 0.15) is 27.0 Å². The van der Waals surface area contributed by atoms with Gasteiger partial charge in [0.05, 0.1) is 25.3 Å². The number of halogens is 1. The fourth-order valence-electron chi connectivity index (χ4n) is 5.29. The first kappa shape index (κ1) is 29.1. The molecule has 0 bridgehead atoms. The van der Waals surface area contributed by atoms with Gasteiger partial charge in [-0.2, -0.15) is 0 Å². The Morgan fingerprint density at radius 1 is 1.05 bits per heavy atom. The molecule has 2 saturated heterocycles. The maximum absolute atomic E-state index is 15.1. The molecule has 3 aliphatic heterocycles. The summed E-state index contributed by atoms with van der Waals surface area (Å²) in [6, 6.07) is 7.70. The van der Waals surface area contributed by atoms with Gasteiger partial charge < -0.3 is 35.0 Å². The van der Waals surface area contributed by atoms with Crippen molar-refractivity contribution in [1.29, 1.82) is 0 Å². The largest absolute Gasteiger partial charge is 0.435 e. The minimum Gasteiger partial charge on any atom is -0.435 e. The van der Waals surface area contributed by atoms with Crippen LogP contribution in [0.25, 0.3) is 0 Å². The molecule has 3 unspecified atom stereocenters. The molecule has 41 heavy (non-hydrogen) atoms. The van der Waals surface area contributed by atoms with Crippen molar-refractivity contribution in [2.24, 2.45) is 0 Å². The van der Waals surface area contributed by atoms with Gasteiger partial charge in [-0.1, -0.05) is 12.1 Å². The van der Waals surface area contributed by atoms with E-state index in [2.05, 4.69) is 4.90 Å². The van der Waals surface area contributed by atoms with E-state index in [1.807, 2.05) is 0 Å². The number of hydrogen-bond acceptors (Lipinski definition) is 11. The van der Waals surface area contributed by atoms with Gasteiger partial charge in [0.15, 0.2) is 15.7 Å². The number of carbonyl (C=O) groups is 3. The van der Waals surface area contributed by atoms with Gasteiger partial charge >= 0.3 is 5.97 Å². The second-order valence-corrected chi connectivity index (χ2v) is 10.7. The quantitative estimate of drug-likeness (QED) is 0.112. The number of piperidine rings is 1. The number of nitrogens with one attached hydrogen (secondary N) is 1. The maximum atomic E-state index is 15.1. The number of ether oxygens (including phenoxy) is 2. The van der Waals surface area contributed by atoms with Crippen LogP contribution in [0.3, 0.4) is 0 Å². The number of benzene rings is 2. The van der Waals surface area contributed by atoms with Crippen molar-refractivity contribution >= 4 is 33.4 Å². The zero-order valence-electron chi connectivity index (χ0n) is 22.3. The first-order chi connectivity index (χ1) is 19.1. The van der Waals surface area contributed by atoms with E-state index in [9.17, 15) is 39.9 Å². The number of morpholine rings is 1. The zero-order chi connectivity index (χ0) is 30.0. The summed E-state index contributed by atoms with van der Waals surface area (Å²) < 4.78 is 25.7. The summed E-state index contributed by atoms with van der Waals surface area (Å²) in [6.45, 7) is 2.27.